The van der Waals surface area contributed by atoms with Gasteiger partial charge in [0, 0.05) is 0 Å². The third-order valence-electron chi connectivity index (χ3n) is 1.74. The predicted octanol–water partition coefficient (Wildman–Crippen LogP) is 1.34. The molecule has 1 rings (SSSR count). The number of methoxy groups -OCH3 is 1. The van der Waals surface area contributed by atoms with Crippen molar-refractivity contribution in [1.82, 2.24) is 0 Å². The normalized spacial score (nSPS) is 13.6. The largest absolute Gasteiger partial charge is 0.496 e. The Hall–Kier alpha value is -0.630. The molecule has 0 amide bonds. The van der Waals surface area contributed by atoms with E-state index in [-0.39, 0.29) is 5.56 Å². The minimum atomic E-state index is -4.50. The van der Waals surface area contributed by atoms with E-state index in [1.54, 1.807) is 0 Å². The summed E-state index contributed by atoms with van der Waals surface area (Å²) in [5.41, 5.74) is -1.88. The van der Waals surface area contributed by atoms with Crippen molar-refractivity contribution in [2.45, 2.75) is 5.44 Å². The van der Waals surface area contributed by atoms with Crippen LogP contribution in [0.25, 0.3) is 0 Å². The molecule has 84 valence electrons. The van der Waals surface area contributed by atoms with Gasteiger partial charge in [-0.05, 0) is 33.6 Å². The average Bonchev–Trinajstić information content (AvgIpc) is 2.15. The van der Waals surface area contributed by atoms with E-state index < -0.39 is 15.6 Å². The standard InChI is InChI=1S/C8H9BrO5S/c1-14-7-3-2-5(4-6(7)9)8(10)15(11,12)13/h2-4,8,10H,1H3,(H,11,12,13). The van der Waals surface area contributed by atoms with Gasteiger partial charge in [0.05, 0.1) is 11.6 Å². The lowest BCUT2D eigenvalue weighted by Gasteiger charge is -2.09. The fourth-order valence-corrected chi connectivity index (χ4v) is 2.06. The summed E-state index contributed by atoms with van der Waals surface area (Å²) in [6.07, 6.45) is 0. The third-order valence-corrected chi connectivity index (χ3v) is 3.20. The number of halogens is 1. The van der Waals surface area contributed by atoms with Crippen LogP contribution in [0.15, 0.2) is 22.7 Å². The van der Waals surface area contributed by atoms with E-state index in [4.69, 9.17) is 9.29 Å². The van der Waals surface area contributed by atoms with Crippen molar-refractivity contribution in [3.05, 3.63) is 28.2 Å². The van der Waals surface area contributed by atoms with Crippen LogP contribution >= 0.6 is 15.9 Å². The Labute approximate surface area is 95.6 Å². The fourth-order valence-electron chi connectivity index (χ4n) is 1.01. The maximum Gasteiger partial charge on any atom is 0.296 e. The average molecular weight is 297 g/mol. The van der Waals surface area contributed by atoms with Crippen LogP contribution in [0.2, 0.25) is 0 Å². The Kier molecular flexibility index (Phi) is 3.72. The van der Waals surface area contributed by atoms with E-state index >= 15 is 0 Å². The zero-order valence-electron chi connectivity index (χ0n) is 7.71. The lowest BCUT2D eigenvalue weighted by atomic mass is 10.2. The molecule has 0 saturated heterocycles. The van der Waals surface area contributed by atoms with Crippen LogP contribution in [-0.4, -0.2) is 25.2 Å². The first-order valence-corrected chi connectivity index (χ1v) is 6.13. The molecule has 0 aromatic heterocycles. The molecule has 5 nitrogen and oxygen atoms in total. The van der Waals surface area contributed by atoms with Gasteiger partial charge in [-0.25, -0.2) is 0 Å². The van der Waals surface area contributed by atoms with Crippen LogP contribution in [0.3, 0.4) is 0 Å². The van der Waals surface area contributed by atoms with Gasteiger partial charge < -0.3 is 9.84 Å². The summed E-state index contributed by atoms with van der Waals surface area (Å²) in [5, 5.41) is 9.25. The molecule has 0 aliphatic carbocycles. The first-order chi connectivity index (χ1) is 6.86. The van der Waals surface area contributed by atoms with E-state index in [1.165, 1.54) is 25.3 Å². The van der Waals surface area contributed by atoms with Crippen LogP contribution in [0.4, 0.5) is 0 Å². The smallest absolute Gasteiger partial charge is 0.296 e. The van der Waals surface area contributed by atoms with E-state index in [9.17, 15) is 13.5 Å². The molecule has 1 aromatic rings. The van der Waals surface area contributed by atoms with E-state index in [1.807, 2.05) is 0 Å². The molecule has 0 bridgehead atoms. The maximum absolute atomic E-state index is 10.7. The molecule has 0 aliphatic rings. The molecule has 1 aromatic carbocycles. The molecule has 1 unspecified atom stereocenters. The van der Waals surface area contributed by atoms with Crippen molar-refractivity contribution in [3.8, 4) is 5.75 Å². The number of rotatable bonds is 3. The topological polar surface area (TPSA) is 83.8 Å². The van der Waals surface area contributed by atoms with Crippen molar-refractivity contribution in [2.24, 2.45) is 0 Å². The highest BCUT2D eigenvalue weighted by molar-refractivity contribution is 9.10. The van der Waals surface area contributed by atoms with Crippen LogP contribution < -0.4 is 4.74 Å². The molecule has 0 heterocycles. The van der Waals surface area contributed by atoms with Gasteiger partial charge in [-0.3, -0.25) is 4.55 Å². The molecular weight excluding hydrogens is 288 g/mol. The Morgan fingerprint density at radius 3 is 2.47 bits per heavy atom. The summed E-state index contributed by atoms with van der Waals surface area (Å²) in [6, 6.07) is 4.19. The Morgan fingerprint density at radius 2 is 2.07 bits per heavy atom. The predicted molar refractivity (Wildman–Crippen MR) is 57.2 cm³/mol. The molecule has 0 spiro atoms. The molecule has 7 heteroatoms. The highest BCUT2D eigenvalue weighted by Gasteiger charge is 2.22. The van der Waals surface area contributed by atoms with Crippen LogP contribution in [0.5, 0.6) is 5.75 Å². The van der Waals surface area contributed by atoms with E-state index in [0.717, 1.165) is 0 Å². The van der Waals surface area contributed by atoms with Gasteiger partial charge in [-0.15, -0.1) is 0 Å². The lowest BCUT2D eigenvalue weighted by molar-refractivity contribution is 0.238. The zero-order valence-corrected chi connectivity index (χ0v) is 10.1. The zero-order chi connectivity index (χ0) is 11.6. The number of aliphatic hydroxyl groups is 1. The minimum Gasteiger partial charge on any atom is -0.496 e. The van der Waals surface area contributed by atoms with Crippen LogP contribution in [0.1, 0.15) is 11.0 Å². The molecule has 0 radical (unpaired) electrons. The van der Waals surface area contributed by atoms with Gasteiger partial charge in [0.1, 0.15) is 5.75 Å². The number of aliphatic hydroxyl groups excluding tert-OH is 1. The quantitative estimate of drug-likeness (QED) is 0.822. The van der Waals surface area contributed by atoms with Crippen LogP contribution in [-0.2, 0) is 10.1 Å². The molecule has 2 N–H and O–H groups in total. The summed E-state index contributed by atoms with van der Waals surface area (Å²) in [5.74, 6) is 0.501. The number of benzene rings is 1. The molecular formula is C8H9BrO5S. The maximum atomic E-state index is 10.7. The second-order valence-corrected chi connectivity index (χ2v) is 5.09. The third kappa shape index (κ3) is 2.91. The molecule has 0 fully saturated rings. The van der Waals surface area contributed by atoms with Gasteiger partial charge >= 0.3 is 0 Å². The summed E-state index contributed by atoms with van der Waals surface area (Å²) >= 11 is 3.13. The van der Waals surface area contributed by atoms with Gasteiger partial charge in [0.2, 0.25) is 5.44 Å². The second kappa shape index (κ2) is 4.48. The number of hydrogen-bond donors (Lipinski definition) is 2. The van der Waals surface area contributed by atoms with Crippen LogP contribution in [0, 0.1) is 0 Å². The number of ether oxygens (including phenoxy) is 1. The molecule has 1 atom stereocenters. The van der Waals surface area contributed by atoms with E-state index in [2.05, 4.69) is 15.9 Å². The van der Waals surface area contributed by atoms with Crippen molar-refractivity contribution >= 4 is 26.0 Å². The van der Waals surface area contributed by atoms with Gasteiger partial charge in [0.15, 0.2) is 0 Å². The summed E-state index contributed by atoms with van der Waals surface area (Å²) in [4.78, 5) is 0. The minimum absolute atomic E-state index is 0.0603. The molecule has 0 aliphatic heterocycles. The monoisotopic (exact) mass is 296 g/mol. The first-order valence-electron chi connectivity index (χ1n) is 3.84. The molecule has 0 saturated carbocycles. The van der Waals surface area contributed by atoms with Gasteiger partial charge in [-0.2, -0.15) is 8.42 Å². The lowest BCUT2D eigenvalue weighted by Crippen LogP contribution is -2.11. The molecule has 15 heavy (non-hydrogen) atoms. The van der Waals surface area contributed by atoms with Gasteiger partial charge in [0.25, 0.3) is 10.1 Å². The van der Waals surface area contributed by atoms with Crippen molar-refractivity contribution in [3.63, 3.8) is 0 Å². The fraction of sp³-hybridized carbons (Fsp3) is 0.250. The van der Waals surface area contributed by atoms with Gasteiger partial charge in [-0.1, -0.05) is 6.07 Å². The summed E-state index contributed by atoms with van der Waals surface area (Å²) in [7, 11) is -3.04. The highest BCUT2D eigenvalue weighted by Crippen LogP contribution is 2.29. The Morgan fingerprint density at radius 1 is 1.47 bits per heavy atom. The van der Waals surface area contributed by atoms with Crippen molar-refractivity contribution in [2.75, 3.05) is 7.11 Å². The summed E-state index contributed by atoms with van der Waals surface area (Å²) < 4.78 is 35.4. The van der Waals surface area contributed by atoms with Crippen molar-refractivity contribution < 1.29 is 22.8 Å². The SMILES string of the molecule is COc1ccc(C(O)S(=O)(=O)O)cc1Br. The highest BCUT2D eigenvalue weighted by atomic mass is 79.9. The Bertz CT molecular complexity index is 456. The summed E-state index contributed by atoms with van der Waals surface area (Å²) in [6.45, 7) is 0. The Balaban J connectivity index is 3.13. The first kappa shape index (κ1) is 12.4. The van der Waals surface area contributed by atoms with Crippen molar-refractivity contribution in [1.29, 1.82) is 0 Å². The second-order valence-electron chi connectivity index (χ2n) is 2.76. The number of hydrogen-bond acceptors (Lipinski definition) is 4. The van der Waals surface area contributed by atoms with E-state index in [0.29, 0.717) is 10.2 Å².